The predicted molar refractivity (Wildman–Crippen MR) is 268 cm³/mol. The molecule has 8 aromatic carbocycles. The Labute approximate surface area is 368 Å². The van der Waals surface area contributed by atoms with Crippen molar-refractivity contribution in [2.75, 3.05) is 10.2 Å². The van der Waals surface area contributed by atoms with Crippen LogP contribution in [0.2, 0.25) is 0 Å². The second-order valence-electron chi connectivity index (χ2n) is 20.2. The van der Waals surface area contributed by atoms with Crippen molar-refractivity contribution in [1.82, 2.24) is 0 Å². The molecular weight excluding hydrogens is 747 g/mol. The molecule has 2 heterocycles. The monoisotopic (exact) mass is 802 g/mol. The Morgan fingerprint density at radius 3 is 1.94 bits per heavy atom. The molecule has 0 atom stereocenters. The maximum Gasteiger partial charge on any atom is 0.198 e. The number of anilines is 5. The number of rotatable bonds is 5. The van der Waals surface area contributed by atoms with Gasteiger partial charge in [-0.2, -0.15) is 0 Å². The van der Waals surface area contributed by atoms with Crippen LogP contribution in [0.15, 0.2) is 152 Å². The van der Waals surface area contributed by atoms with Gasteiger partial charge in [0.15, 0.2) is 7.28 Å². The number of nitrogens with zero attached hydrogens (tertiary/aromatic N) is 1. The summed E-state index contributed by atoms with van der Waals surface area (Å²) in [7, 11) is 0.855. The maximum atomic E-state index is 4.05. The summed E-state index contributed by atoms with van der Waals surface area (Å²) >= 11 is 0. The Hall–Kier alpha value is -6.32. The summed E-state index contributed by atoms with van der Waals surface area (Å²) in [5.74, 6) is 0. The average molecular weight is 803 g/mol. The van der Waals surface area contributed by atoms with E-state index in [1.165, 1.54) is 106 Å². The second kappa shape index (κ2) is 13.8. The summed E-state index contributed by atoms with van der Waals surface area (Å²) in [6.07, 6.45) is 2.32. The Morgan fingerprint density at radius 1 is 0.532 bits per heavy atom. The highest BCUT2D eigenvalue weighted by Gasteiger charge is 2.43. The molecule has 2 nitrogen and oxygen atoms in total. The van der Waals surface area contributed by atoms with Crippen LogP contribution in [0.4, 0.5) is 28.4 Å². The maximum absolute atomic E-state index is 4.05. The number of benzene rings is 8. The van der Waals surface area contributed by atoms with E-state index in [0.29, 0.717) is 0 Å². The van der Waals surface area contributed by atoms with Crippen LogP contribution in [0, 0.1) is 13.8 Å². The lowest BCUT2D eigenvalue weighted by atomic mass is 9.55. The van der Waals surface area contributed by atoms with Crippen LogP contribution >= 0.6 is 0 Å². The summed E-state index contributed by atoms with van der Waals surface area (Å²) in [6, 6.07) is 57.3. The van der Waals surface area contributed by atoms with Gasteiger partial charge in [-0.15, -0.1) is 0 Å². The van der Waals surface area contributed by atoms with Crippen LogP contribution < -0.4 is 21.1 Å². The average Bonchev–Trinajstić information content (AvgIpc) is 3.26. The van der Waals surface area contributed by atoms with Gasteiger partial charge in [-0.05, 0) is 157 Å². The molecule has 8 aromatic rings. The third-order valence-electron chi connectivity index (χ3n) is 14.9. The van der Waals surface area contributed by atoms with Gasteiger partial charge in [0.05, 0.1) is 5.69 Å². The molecule has 62 heavy (non-hydrogen) atoms. The summed E-state index contributed by atoms with van der Waals surface area (Å²) in [5.41, 5.74) is 24.7. The van der Waals surface area contributed by atoms with E-state index >= 15 is 0 Å². The molecule has 0 saturated carbocycles. The van der Waals surface area contributed by atoms with Crippen LogP contribution in [0.25, 0.3) is 44.2 Å². The van der Waals surface area contributed by atoms with Gasteiger partial charge < -0.3 is 10.2 Å². The molecule has 0 aromatic heterocycles. The molecular formula is C59H55BN2. The first-order valence-electron chi connectivity index (χ1n) is 22.6. The van der Waals surface area contributed by atoms with Crippen LogP contribution in [-0.2, 0) is 16.2 Å². The van der Waals surface area contributed by atoms with E-state index in [0.717, 1.165) is 31.5 Å². The zero-order valence-electron chi connectivity index (χ0n) is 37.5. The number of hydrogen-bond donors (Lipinski definition) is 1. The van der Waals surface area contributed by atoms with Crippen molar-refractivity contribution in [1.29, 1.82) is 0 Å². The molecule has 1 aliphatic carbocycles. The fourth-order valence-corrected chi connectivity index (χ4v) is 11.5. The quantitative estimate of drug-likeness (QED) is 0.174. The lowest BCUT2D eigenvalue weighted by molar-refractivity contribution is 0.332. The molecule has 0 fully saturated rings. The predicted octanol–water partition coefficient (Wildman–Crippen LogP) is 14.4. The molecule has 3 aliphatic rings. The van der Waals surface area contributed by atoms with Gasteiger partial charge in [0.2, 0.25) is 0 Å². The lowest BCUT2D eigenvalue weighted by Gasteiger charge is -2.46. The van der Waals surface area contributed by atoms with Crippen LogP contribution in [0.5, 0.6) is 0 Å². The number of hydrogen-bond acceptors (Lipinski definition) is 2. The SMILES string of the molecule is Cc1cccc(C)c1-c1cc(-c2cc3c(cc2Nc2ccc(-c4ccccc4)cc2)C(C)(C)CCC3(C)C)c2c(c1)N1c3ccc4ccccc4c3C(C)(C)c3cccc(c31)B2. The fourth-order valence-electron chi connectivity index (χ4n) is 11.5. The van der Waals surface area contributed by atoms with E-state index < -0.39 is 0 Å². The Morgan fingerprint density at radius 2 is 1.19 bits per heavy atom. The zero-order valence-corrected chi connectivity index (χ0v) is 37.5. The van der Waals surface area contributed by atoms with E-state index in [1.54, 1.807) is 0 Å². The third kappa shape index (κ3) is 5.92. The molecule has 304 valence electrons. The van der Waals surface area contributed by atoms with Gasteiger partial charge in [0, 0.05) is 33.7 Å². The Bertz CT molecular complexity index is 3100. The molecule has 0 spiro atoms. The second-order valence-corrected chi connectivity index (χ2v) is 20.2. The molecule has 0 radical (unpaired) electrons. The smallest absolute Gasteiger partial charge is 0.198 e. The van der Waals surface area contributed by atoms with E-state index in [4.69, 9.17) is 0 Å². The fraction of sp³-hybridized carbons (Fsp3) is 0.220. The Balaban J connectivity index is 1.21. The Kier molecular flexibility index (Phi) is 8.62. The normalized spacial score (nSPS) is 16.1. The standard InChI is InChI=1S/C59H55BN2/c1-36-16-14-17-37(2)53(36)41-32-45(55-52(33-41)62-51-29-26-40-20-12-13-21-43(40)54(51)59(7,8)46-22-15-23-49(60-55)56(46)62)44-34-47-48(58(5,6)31-30-57(47,3)4)35-50(44)61-42-27-24-39(25-28-42)38-18-10-9-11-19-38/h9-29,32-35,60-61H,30-31H2,1-8H3. The third-order valence-corrected chi connectivity index (χ3v) is 14.9. The summed E-state index contributed by atoms with van der Waals surface area (Å²) in [4.78, 5) is 2.65. The van der Waals surface area contributed by atoms with Gasteiger partial charge in [-0.1, -0.05) is 156 Å². The molecule has 3 heteroatoms. The highest BCUT2D eigenvalue weighted by atomic mass is 15.2. The number of fused-ring (bicyclic) bond motifs is 7. The first-order chi connectivity index (χ1) is 29.8. The largest absolute Gasteiger partial charge is 0.355 e. The first kappa shape index (κ1) is 38.6. The minimum absolute atomic E-state index is 0.0414. The number of nitrogens with one attached hydrogen (secondary N) is 1. The molecule has 1 N–H and O–H groups in total. The number of aryl methyl sites for hydroxylation is 2. The van der Waals surface area contributed by atoms with Crippen molar-refractivity contribution in [3.05, 3.63) is 185 Å². The van der Waals surface area contributed by atoms with E-state index in [1.807, 2.05) is 0 Å². The van der Waals surface area contributed by atoms with Crippen molar-refractivity contribution in [3.63, 3.8) is 0 Å². The molecule has 0 amide bonds. The van der Waals surface area contributed by atoms with Crippen LogP contribution in [0.1, 0.15) is 87.8 Å². The van der Waals surface area contributed by atoms with Crippen molar-refractivity contribution in [3.8, 4) is 33.4 Å². The minimum Gasteiger partial charge on any atom is -0.355 e. The van der Waals surface area contributed by atoms with Gasteiger partial charge >= 0.3 is 0 Å². The van der Waals surface area contributed by atoms with Gasteiger partial charge in [0.25, 0.3) is 0 Å². The zero-order chi connectivity index (χ0) is 42.7. The number of para-hydroxylation sites is 1. The molecule has 0 bridgehead atoms. The van der Waals surface area contributed by atoms with Crippen LogP contribution in [-0.4, -0.2) is 7.28 Å². The van der Waals surface area contributed by atoms with Crippen molar-refractivity contribution in [2.24, 2.45) is 0 Å². The van der Waals surface area contributed by atoms with E-state index in [9.17, 15) is 0 Å². The summed E-state index contributed by atoms with van der Waals surface area (Å²) < 4.78 is 0. The highest BCUT2D eigenvalue weighted by molar-refractivity contribution is 6.73. The van der Waals surface area contributed by atoms with Gasteiger partial charge in [-0.25, -0.2) is 0 Å². The molecule has 2 aliphatic heterocycles. The van der Waals surface area contributed by atoms with E-state index in [-0.39, 0.29) is 16.2 Å². The highest BCUT2D eigenvalue weighted by Crippen LogP contribution is 2.56. The topological polar surface area (TPSA) is 15.3 Å². The molecule has 11 rings (SSSR count). The van der Waals surface area contributed by atoms with Crippen LogP contribution in [0.3, 0.4) is 0 Å². The first-order valence-corrected chi connectivity index (χ1v) is 22.6. The van der Waals surface area contributed by atoms with Crippen molar-refractivity contribution in [2.45, 2.75) is 84.5 Å². The minimum atomic E-state index is -0.188. The summed E-state index contributed by atoms with van der Waals surface area (Å²) in [6.45, 7) is 19.2. The van der Waals surface area contributed by atoms with Gasteiger partial charge in [-0.3, -0.25) is 0 Å². The van der Waals surface area contributed by atoms with Crippen molar-refractivity contribution >= 4 is 57.4 Å². The van der Waals surface area contributed by atoms with Crippen molar-refractivity contribution < 1.29 is 0 Å². The van der Waals surface area contributed by atoms with E-state index in [2.05, 4.69) is 217 Å². The summed E-state index contributed by atoms with van der Waals surface area (Å²) in [5, 5.41) is 6.66. The lowest BCUT2D eigenvalue weighted by Crippen LogP contribution is -2.45. The van der Waals surface area contributed by atoms with Gasteiger partial charge in [0.1, 0.15) is 0 Å². The molecule has 0 saturated heterocycles. The molecule has 0 unspecified atom stereocenters.